The number of nitrogens with one attached hydrogen (secondary N) is 1. The molecular weight excluding hydrogens is 408 g/mol. The summed E-state index contributed by atoms with van der Waals surface area (Å²) < 4.78 is 32.6. The monoisotopic (exact) mass is 426 g/mol. The van der Waals surface area contributed by atoms with E-state index in [4.69, 9.17) is 4.42 Å². The Labute approximate surface area is 171 Å². The Morgan fingerprint density at radius 3 is 2.62 bits per heavy atom. The van der Waals surface area contributed by atoms with Crippen LogP contribution in [0.4, 0.5) is 0 Å². The van der Waals surface area contributed by atoms with E-state index in [2.05, 4.69) is 44.2 Å². The SMILES string of the molecule is CS(=O)(=O)NC1(c2nnc(Cc3nc4ccc(-c5ccccc5)cc4s3)o2)CC1. The molecule has 5 rings (SSSR count). The van der Waals surface area contributed by atoms with Crippen LogP contribution in [0, 0.1) is 0 Å². The molecule has 2 aromatic carbocycles. The molecule has 2 aromatic heterocycles. The molecule has 0 saturated heterocycles. The van der Waals surface area contributed by atoms with Crippen molar-refractivity contribution in [2.24, 2.45) is 0 Å². The van der Waals surface area contributed by atoms with Crippen molar-refractivity contribution < 1.29 is 12.8 Å². The van der Waals surface area contributed by atoms with E-state index in [1.54, 1.807) is 11.3 Å². The number of rotatable bonds is 6. The van der Waals surface area contributed by atoms with Crippen LogP contribution in [-0.4, -0.2) is 29.9 Å². The number of nitrogens with zero attached hydrogens (tertiary/aromatic N) is 3. The van der Waals surface area contributed by atoms with Crippen LogP contribution < -0.4 is 4.72 Å². The van der Waals surface area contributed by atoms with Gasteiger partial charge in [0.15, 0.2) is 0 Å². The summed E-state index contributed by atoms with van der Waals surface area (Å²) in [7, 11) is -3.35. The van der Waals surface area contributed by atoms with Crippen LogP contribution in [0.15, 0.2) is 52.9 Å². The first-order valence-corrected chi connectivity index (χ1v) is 11.9. The van der Waals surface area contributed by atoms with E-state index in [1.807, 2.05) is 24.3 Å². The maximum Gasteiger partial charge on any atom is 0.237 e. The van der Waals surface area contributed by atoms with Gasteiger partial charge in [-0.1, -0.05) is 36.4 Å². The highest BCUT2D eigenvalue weighted by Gasteiger charge is 2.51. The highest BCUT2D eigenvalue weighted by molar-refractivity contribution is 7.88. The fourth-order valence-corrected chi connectivity index (χ4v) is 5.34. The Kier molecular flexibility index (Phi) is 4.27. The Hall–Kier alpha value is -2.62. The lowest BCUT2D eigenvalue weighted by Gasteiger charge is -2.10. The summed E-state index contributed by atoms with van der Waals surface area (Å²) in [6, 6.07) is 16.4. The molecule has 0 unspecified atom stereocenters. The minimum atomic E-state index is -3.35. The fourth-order valence-electron chi connectivity index (χ4n) is 3.35. The predicted octanol–water partition coefficient (Wildman–Crippen LogP) is 3.48. The molecule has 29 heavy (non-hydrogen) atoms. The zero-order valence-corrected chi connectivity index (χ0v) is 17.3. The molecule has 0 amide bonds. The zero-order valence-electron chi connectivity index (χ0n) is 15.6. The first-order chi connectivity index (χ1) is 13.9. The highest BCUT2D eigenvalue weighted by atomic mass is 32.2. The van der Waals surface area contributed by atoms with Gasteiger partial charge in [-0.05, 0) is 36.1 Å². The molecule has 1 saturated carbocycles. The first-order valence-electron chi connectivity index (χ1n) is 9.17. The molecule has 0 radical (unpaired) electrons. The van der Waals surface area contributed by atoms with Crippen molar-refractivity contribution in [1.29, 1.82) is 0 Å². The Balaban J connectivity index is 1.38. The van der Waals surface area contributed by atoms with Crippen LogP contribution in [0.25, 0.3) is 21.3 Å². The number of sulfonamides is 1. The summed E-state index contributed by atoms with van der Waals surface area (Å²) >= 11 is 1.59. The van der Waals surface area contributed by atoms with E-state index in [1.165, 1.54) is 5.56 Å². The van der Waals surface area contributed by atoms with E-state index in [9.17, 15) is 8.42 Å². The van der Waals surface area contributed by atoms with Gasteiger partial charge in [0.25, 0.3) is 0 Å². The van der Waals surface area contributed by atoms with E-state index in [0.29, 0.717) is 31.0 Å². The zero-order chi connectivity index (χ0) is 20.1. The van der Waals surface area contributed by atoms with Crippen LogP contribution in [0.1, 0.15) is 29.6 Å². The molecule has 7 nitrogen and oxygen atoms in total. The van der Waals surface area contributed by atoms with Crippen molar-refractivity contribution >= 4 is 31.6 Å². The topological polar surface area (TPSA) is 98.0 Å². The van der Waals surface area contributed by atoms with Crippen LogP contribution in [0.3, 0.4) is 0 Å². The van der Waals surface area contributed by atoms with E-state index >= 15 is 0 Å². The highest BCUT2D eigenvalue weighted by Crippen LogP contribution is 2.45. The number of hydrogen-bond acceptors (Lipinski definition) is 7. The average Bonchev–Trinajstić information content (AvgIpc) is 3.12. The summed E-state index contributed by atoms with van der Waals surface area (Å²) in [5.41, 5.74) is 2.51. The maximum absolute atomic E-state index is 11.6. The second kappa shape index (κ2) is 6.72. The van der Waals surface area contributed by atoms with E-state index in [0.717, 1.165) is 27.0 Å². The molecule has 1 aliphatic carbocycles. The number of hydrogen-bond donors (Lipinski definition) is 1. The van der Waals surface area contributed by atoms with Gasteiger partial charge in [0.1, 0.15) is 10.5 Å². The van der Waals surface area contributed by atoms with E-state index < -0.39 is 15.6 Å². The minimum Gasteiger partial charge on any atom is -0.423 e. The smallest absolute Gasteiger partial charge is 0.237 e. The number of benzene rings is 2. The van der Waals surface area contributed by atoms with Crippen molar-refractivity contribution in [3.63, 3.8) is 0 Å². The van der Waals surface area contributed by atoms with Crippen LogP contribution >= 0.6 is 11.3 Å². The lowest BCUT2D eigenvalue weighted by atomic mass is 10.1. The molecule has 2 heterocycles. The molecule has 1 N–H and O–H groups in total. The van der Waals surface area contributed by atoms with Crippen molar-refractivity contribution in [2.45, 2.75) is 24.8 Å². The Bertz CT molecular complexity index is 1290. The predicted molar refractivity (Wildman–Crippen MR) is 111 cm³/mol. The number of aromatic nitrogens is 3. The molecule has 9 heteroatoms. The maximum atomic E-state index is 11.6. The summed E-state index contributed by atoms with van der Waals surface area (Å²) in [4.78, 5) is 4.67. The van der Waals surface area contributed by atoms with Gasteiger partial charge in [-0.2, -0.15) is 4.72 Å². The standard InChI is InChI=1S/C20H18N4O3S2/c1-29(25,26)24-20(9-10-20)19-23-22-17(27-19)12-18-21-15-8-7-14(11-16(15)28-18)13-5-3-2-4-6-13/h2-8,11,24H,9-10,12H2,1H3. The first kappa shape index (κ1) is 18.4. The van der Waals surface area contributed by atoms with Gasteiger partial charge in [0, 0.05) is 0 Å². The molecule has 0 bridgehead atoms. The quantitative estimate of drug-likeness (QED) is 0.507. The largest absolute Gasteiger partial charge is 0.423 e. The third kappa shape index (κ3) is 3.81. The third-order valence-electron chi connectivity index (χ3n) is 4.85. The Morgan fingerprint density at radius 2 is 1.90 bits per heavy atom. The van der Waals surface area contributed by atoms with Gasteiger partial charge < -0.3 is 4.42 Å². The average molecular weight is 427 g/mol. The molecule has 1 fully saturated rings. The van der Waals surface area contributed by atoms with Gasteiger partial charge in [0.2, 0.25) is 21.8 Å². The summed E-state index contributed by atoms with van der Waals surface area (Å²) in [5.74, 6) is 0.759. The van der Waals surface area contributed by atoms with Crippen LogP contribution in [-0.2, 0) is 22.0 Å². The molecule has 148 valence electrons. The second-order valence-corrected chi connectivity index (χ2v) is 10.2. The fraction of sp³-hybridized carbons (Fsp3) is 0.250. The van der Waals surface area contributed by atoms with Gasteiger partial charge in [0.05, 0.1) is 22.9 Å². The molecule has 0 aliphatic heterocycles. The molecule has 4 aromatic rings. The van der Waals surface area contributed by atoms with Crippen molar-refractivity contribution in [3.8, 4) is 11.1 Å². The minimum absolute atomic E-state index is 0.324. The van der Waals surface area contributed by atoms with Crippen molar-refractivity contribution in [2.75, 3.05) is 6.26 Å². The van der Waals surface area contributed by atoms with Gasteiger partial charge in [-0.15, -0.1) is 21.5 Å². The van der Waals surface area contributed by atoms with Gasteiger partial charge in [-0.3, -0.25) is 0 Å². The summed E-state index contributed by atoms with van der Waals surface area (Å²) in [6.07, 6.45) is 2.87. The lowest BCUT2D eigenvalue weighted by Crippen LogP contribution is -2.34. The van der Waals surface area contributed by atoms with E-state index in [-0.39, 0.29) is 0 Å². The summed E-state index contributed by atoms with van der Waals surface area (Å²) in [5, 5.41) is 9.05. The molecule has 0 atom stereocenters. The molecule has 0 spiro atoms. The normalized spacial score (nSPS) is 15.6. The van der Waals surface area contributed by atoms with Crippen molar-refractivity contribution in [1.82, 2.24) is 19.9 Å². The third-order valence-corrected chi connectivity index (χ3v) is 6.63. The van der Waals surface area contributed by atoms with Crippen LogP contribution in [0.5, 0.6) is 0 Å². The number of fused-ring (bicyclic) bond motifs is 1. The Morgan fingerprint density at radius 1 is 1.10 bits per heavy atom. The number of thiazole rings is 1. The van der Waals surface area contributed by atoms with Crippen molar-refractivity contribution in [3.05, 3.63) is 65.3 Å². The molecule has 1 aliphatic rings. The van der Waals surface area contributed by atoms with Gasteiger partial charge in [-0.25, -0.2) is 13.4 Å². The molecular formula is C20H18N4O3S2. The van der Waals surface area contributed by atoms with Crippen LogP contribution in [0.2, 0.25) is 0 Å². The lowest BCUT2D eigenvalue weighted by molar-refractivity contribution is 0.397. The summed E-state index contributed by atoms with van der Waals surface area (Å²) in [6.45, 7) is 0. The second-order valence-electron chi connectivity index (χ2n) is 7.29. The van der Waals surface area contributed by atoms with Gasteiger partial charge >= 0.3 is 0 Å².